The standard InChI is InChI=1S/C8H16N2O4S/c1-6(2)5-9-15(13,14)10-8(3-4-8)7(11)12/h6,9-10H,3-5H2,1-2H3,(H,11,12). The summed E-state index contributed by atoms with van der Waals surface area (Å²) in [6, 6.07) is 0. The average Bonchev–Trinajstić information content (AvgIpc) is 2.82. The van der Waals surface area contributed by atoms with Gasteiger partial charge in [-0.1, -0.05) is 13.8 Å². The van der Waals surface area contributed by atoms with Crippen molar-refractivity contribution in [2.45, 2.75) is 32.2 Å². The van der Waals surface area contributed by atoms with E-state index in [1.54, 1.807) is 0 Å². The molecule has 3 N–H and O–H groups in total. The second kappa shape index (κ2) is 4.07. The fourth-order valence-electron chi connectivity index (χ4n) is 1.05. The quantitative estimate of drug-likeness (QED) is 0.589. The Kier molecular flexibility index (Phi) is 3.37. The maximum atomic E-state index is 11.4. The van der Waals surface area contributed by atoms with Crippen LogP contribution in [0.1, 0.15) is 26.7 Å². The second-order valence-corrected chi connectivity index (χ2v) is 5.73. The first-order chi connectivity index (χ1) is 6.77. The Hall–Kier alpha value is -0.660. The molecule has 0 atom stereocenters. The van der Waals surface area contributed by atoms with Gasteiger partial charge < -0.3 is 5.11 Å². The molecule has 1 fully saturated rings. The summed E-state index contributed by atoms with van der Waals surface area (Å²) in [5, 5.41) is 8.79. The molecule has 0 unspecified atom stereocenters. The lowest BCUT2D eigenvalue weighted by Crippen LogP contribution is -2.48. The zero-order valence-corrected chi connectivity index (χ0v) is 9.60. The number of hydrogen-bond acceptors (Lipinski definition) is 3. The number of carboxylic acid groups (broad SMARTS) is 1. The van der Waals surface area contributed by atoms with Crippen LogP contribution in [0, 0.1) is 5.92 Å². The highest BCUT2D eigenvalue weighted by Gasteiger charge is 2.53. The first-order valence-electron chi connectivity index (χ1n) is 4.79. The lowest BCUT2D eigenvalue weighted by atomic mass is 10.2. The molecule has 0 saturated heterocycles. The van der Waals surface area contributed by atoms with E-state index in [2.05, 4.69) is 9.44 Å². The summed E-state index contributed by atoms with van der Waals surface area (Å²) in [6.45, 7) is 4.03. The number of hydrogen-bond donors (Lipinski definition) is 3. The first-order valence-corrected chi connectivity index (χ1v) is 6.28. The monoisotopic (exact) mass is 236 g/mol. The van der Waals surface area contributed by atoms with Crippen LogP contribution in [-0.2, 0) is 15.0 Å². The number of aliphatic carboxylic acids is 1. The van der Waals surface area contributed by atoms with Gasteiger partial charge in [0.05, 0.1) is 0 Å². The van der Waals surface area contributed by atoms with Crippen LogP contribution in [0.25, 0.3) is 0 Å². The minimum Gasteiger partial charge on any atom is -0.480 e. The maximum Gasteiger partial charge on any atom is 0.324 e. The van der Waals surface area contributed by atoms with Crippen LogP contribution in [0.15, 0.2) is 0 Å². The molecule has 1 saturated carbocycles. The molecule has 0 bridgehead atoms. The van der Waals surface area contributed by atoms with Gasteiger partial charge in [0.1, 0.15) is 5.54 Å². The summed E-state index contributed by atoms with van der Waals surface area (Å²) in [7, 11) is -3.70. The fourth-order valence-corrected chi connectivity index (χ4v) is 2.49. The maximum absolute atomic E-state index is 11.4. The van der Waals surface area contributed by atoms with Gasteiger partial charge in [0.25, 0.3) is 10.2 Å². The van der Waals surface area contributed by atoms with E-state index < -0.39 is 21.7 Å². The van der Waals surface area contributed by atoms with Crippen molar-refractivity contribution in [2.75, 3.05) is 6.54 Å². The van der Waals surface area contributed by atoms with Crippen LogP contribution >= 0.6 is 0 Å². The number of carboxylic acids is 1. The van der Waals surface area contributed by atoms with Crippen LogP contribution < -0.4 is 9.44 Å². The summed E-state index contributed by atoms with van der Waals surface area (Å²) in [6.07, 6.45) is 0.704. The molecular formula is C8H16N2O4S. The zero-order valence-electron chi connectivity index (χ0n) is 8.78. The van der Waals surface area contributed by atoms with Gasteiger partial charge in [-0.25, -0.2) is 4.72 Å². The van der Waals surface area contributed by atoms with Gasteiger partial charge >= 0.3 is 5.97 Å². The average molecular weight is 236 g/mol. The van der Waals surface area contributed by atoms with E-state index in [9.17, 15) is 13.2 Å². The topological polar surface area (TPSA) is 95.5 Å². The zero-order chi connectivity index (χ0) is 11.7. The van der Waals surface area contributed by atoms with Gasteiger partial charge in [-0.2, -0.15) is 13.1 Å². The third-order valence-electron chi connectivity index (χ3n) is 2.17. The minimum absolute atomic E-state index is 0.182. The molecular weight excluding hydrogens is 220 g/mol. The normalized spacial score (nSPS) is 19.1. The Labute approximate surface area is 89.2 Å². The van der Waals surface area contributed by atoms with Crippen LogP contribution in [0.2, 0.25) is 0 Å². The molecule has 15 heavy (non-hydrogen) atoms. The van der Waals surface area contributed by atoms with Gasteiger partial charge in [-0.05, 0) is 18.8 Å². The summed E-state index contributed by atoms with van der Waals surface area (Å²) < 4.78 is 27.3. The Balaban J connectivity index is 2.54. The molecule has 0 aromatic heterocycles. The highest BCUT2D eigenvalue weighted by molar-refractivity contribution is 7.87. The van der Waals surface area contributed by atoms with Crippen LogP contribution in [0.4, 0.5) is 0 Å². The van der Waals surface area contributed by atoms with Crippen molar-refractivity contribution in [3.8, 4) is 0 Å². The molecule has 1 aliphatic carbocycles. The van der Waals surface area contributed by atoms with Crippen molar-refractivity contribution in [1.29, 1.82) is 0 Å². The molecule has 0 aromatic carbocycles. The van der Waals surface area contributed by atoms with Crippen molar-refractivity contribution < 1.29 is 18.3 Å². The minimum atomic E-state index is -3.70. The highest BCUT2D eigenvalue weighted by Crippen LogP contribution is 2.35. The molecule has 0 radical (unpaired) electrons. The number of nitrogens with one attached hydrogen (secondary N) is 2. The number of carbonyl (C=O) groups is 1. The molecule has 0 aromatic rings. The molecule has 0 heterocycles. The smallest absolute Gasteiger partial charge is 0.324 e. The second-order valence-electron chi connectivity index (χ2n) is 4.24. The number of rotatable bonds is 6. The van der Waals surface area contributed by atoms with Gasteiger partial charge in [-0.3, -0.25) is 4.79 Å². The van der Waals surface area contributed by atoms with Gasteiger partial charge in [-0.15, -0.1) is 0 Å². The van der Waals surface area contributed by atoms with Crippen LogP contribution in [0.3, 0.4) is 0 Å². The lowest BCUT2D eigenvalue weighted by Gasteiger charge is -2.14. The van der Waals surface area contributed by atoms with E-state index in [1.165, 1.54) is 0 Å². The SMILES string of the molecule is CC(C)CNS(=O)(=O)NC1(C(=O)O)CC1. The van der Waals surface area contributed by atoms with Gasteiger partial charge in [0.15, 0.2) is 0 Å². The van der Waals surface area contributed by atoms with Crippen molar-refractivity contribution in [1.82, 2.24) is 9.44 Å². The summed E-state index contributed by atoms with van der Waals surface area (Å²) in [5.74, 6) is -0.932. The fraction of sp³-hybridized carbons (Fsp3) is 0.875. The Bertz CT molecular complexity index is 346. The van der Waals surface area contributed by atoms with E-state index in [0.717, 1.165) is 0 Å². The molecule has 0 aliphatic heterocycles. The lowest BCUT2D eigenvalue weighted by molar-refractivity contribution is -0.140. The first kappa shape index (κ1) is 12.4. The third kappa shape index (κ3) is 3.44. The third-order valence-corrected chi connectivity index (χ3v) is 3.38. The molecule has 6 nitrogen and oxygen atoms in total. The summed E-state index contributed by atoms with van der Waals surface area (Å²) in [5.41, 5.74) is -1.26. The molecule has 1 aliphatic rings. The van der Waals surface area contributed by atoms with Crippen molar-refractivity contribution >= 4 is 16.2 Å². The molecule has 0 spiro atoms. The Morgan fingerprint density at radius 2 is 2.00 bits per heavy atom. The summed E-state index contributed by atoms with van der Waals surface area (Å²) in [4.78, 5) is 10.7. The van der Waals surface area contributed by atoms with E-state index in [1.807, 2.05) is 13.8 Å². The molecule has 0 amide bonds. The van der Waals surface area contributed by atoms with Gasteiger partial charge in [0.2, 0.25) is 0 Å². The Morgan fingerprint density at radius 1 is 1.47 bits per heavy atom. The molecule has 7 heteroatoms. The van der Waals surface area contributed by atoms with Crippen molar-refractivity contribution in [2.24, 2.45) is 5.92 Å². The van der Waals surface area contributed by atoms with Gasteiger partial charge in [0, 0.05) is 6.54 Å². The van der Waals surface area contributed by atoms with Crippen molar-refractivity contribution in [3.63, 3.8) is 0 Å². The van der Waals surface area contributed by atoms with E-state index >= 15 is 0 Å². The summed E-state index contributed by atoms with van der Waals surface area (Å²) >= 11 is 0. The largest absolute Gasteiger partial charge is 0.480 e. The van der Waals surface area contributed by atoms with Crippen LogP contribution in [0.5, 0.6) is 0 Å². The predicted molar refractivity (Wildman–Crippen MR) is 54.5 cm³/mol. The molecule has 1 rings (SSSR count). The highest BCUT2D eigenvalue weighted by atomic mass is 32.2. The van der Waals surface area contributed by atoms with E-state index in [0.29, 0.717) is 19.4 Å². The predicted octanol–water partition coefficient (Wildman–Crippen LogP) is -0.316. The Morgan fingerprint density at radius 3 is 2.33 bits per heavy atom. The van der Waals surface area contributed by atoms with Crippen LogP contribution in [-0.4, -0.2) is 31.6 Å². The van der Waals surface area contributed by atoms with E-state index in [-0.39, 0.29) is 5.92 Å². The molecule has 88 valence electrons. The van der Waals surface area contributed by atoms with E-state index in [4.69, 9.17) is 5.11 Å². The van der Waals surface area contributed by atoms with Crippen molar-refractivity contribution in [3.05, 3.63) is 0 Å².